The number of hydrogen-bond donors (Lipinski definition) is 1. The molecule has 0 saturated heterocycles. The first-order valence-electron chi connectivity index (χ1n) is 11.1. The molecular weight excluding hydrogens is 444 g/mol. The van der Waals surface area contributed by atoms with Crippen LogP contribution in [-0.2, 0) is 9.59 Å². The molecule has 0 bridgehead atoms. The van der Waals surface area contributed by atoms with E-state index in [2.05, 4.69) is 24.4 Å². The summed E-state index contributed by atoms with van der Waals surface area (Å²) in [5.41, 5.74) is 5.15. The van der Waals surface area contributed by atoms with E-state index in [9.17, 15) is 9.59 Å². The Kier molecular flexibility index (Phi) is 9.19. The van der Waals surface area contributed by atoms with Crippen LogP contribution in [0.1, 0.15) is 36.5 Å². The van der Waals surface area contributed by atoms with E-state index in [0.29, 0.717) is 23.0 Å². The molecule has 3 rings (SSSR count). The average molecular weight is 473 g/mol. The third-order valence-electron chi connectivity index (χ3n) is 4.93. The largest absolute Gasteiger partial charge is 0.493 e. The molecule has 0 aliphatic carbocycles. The smallest absolute Gasteiger partial charge is 0.336 e. The molecule has 3 aromatic carbocycles. The second kappa shape index (κ2) is 12.7. The van der Waals surface area contributed by atoms with E-state index in [0.717, 1.165) is 5.56 Å². The molecule has 0 heterocycles. The van der Waals surface area contributed by atoms with E-state index < -0.39 is 11.9 Å². The third-order valence-corrected chi connectivity index (χ3v) is 4.93. The van der Waals surface area contributed by atoms with Gasteiger partial charge >= 0.3 is 5.97 Å². The van der Waals surface area contributed by atoms with Gasteiger partial charge in [0, 0.05) is 6.08 Å². The van der Waals surface area contributed by atoms with E-state index in [-0.39, 0.29) is 12.4 Å². The second-order valence-electron chi connectivity index (χ2n) is 7.88. The second-order valence-corrected chi connectivity index (χ2v) is 7.88. The predicted octanol–water partition coefficient (Wildman–Crippen LogP) is 4.97. The molecule has 35 heavy (non-hydrogen) atoms. The topological polar surface area (TPSA) is 86.2 Å². The molecule has 7 nitrogen and oxygen atoms in total. The number of esters is 1. The highest BCUT2D eigenvalue weighted by Crippen LogP contribution is 2.28. The minimum atomic E-state index is -0.528. The summed E-state index contributed by atoms with van der Waals surface area (Å²) in [5.74, 6) is 0.750. The number of benzene rings is 3. The summed E-state index contributed by atoms with van der Waals surface area (Å²) in [4.78, 5) is 24.2. The van der Waals surface area contributed by atoms with Gasteiger partial charge in [-0.25, -0.2) is 10.2 Å². The lowest BCUT2D eigenvalue weighted by molar-refractivity contribution is -0.129. The standard InChI is InChI=1S/C28H28N2O5/c1-20(2)23-11-13-24(14-12-23)34-19-27(31)30-29-18-22-9-15-25(26(17-22)33-3)35-28(32)16-10-21-7-5-4-6-8-21/h4-18,20H,19H2,1-3H3,(H,30,31). The normalized spacial score (nSPS) is 11.1. The van der Waals surface area contributed by atoms with E-state index in [1.807, 2.05) is 54.6 Å². The molecule has 0 fully saturated rings. The molecule has 0 unspecified atom stereocenters. The number of hydrazone groups is 1. The predicted molar refractivity (Wildman–Crippen MR) is 136 cm³/mol. The minimum Gasteiger partial charge on any atom is -0.493 e. The number of nitrogens with one attached hydrogen (secondary N) is 1. The van der Waals surface area contributed by atoms with Gasteiger partial charge in [0.2, 0.25) is 0 Å². The van der Waals surface area contributed by atoms with Crippen molar-refractivity contribution in [2.45, 2.75) is 19.8 Å². The summed E-state index contributed by atoms with van der Waals surface area (Å²) < 4.78 is 16.2. The monoisotopic (exact) mass is 472 g/mol. The van der Waals surface area contributed by atoms with Gasteiger partial charge in [0.05, 0.1) is 13.3 Å². The van der Waals surface area contributed by atoms with Crippen LogP contribution in [0.25, 0.3) is 6.08 Å². The first kappa shape index (κ1) is 25.2. The molecule has 0 spiro atoms. The Hall–Kier alpha value is -4.39. The molecule has 0 aliphatic rings. The Balaban J connectivity index is 1.50. The first-order chi connectivity index (χ1) is 16.9. The van der Waals surface area contributed by atoms with Crippen molar-refractivity contribution in [1.29, 1.82) is 0 Å². The van der Waals surface area contributed by atoms with Gasteiger partial charge in [-0.05, 0) is 59.0 Å². The Bertz CT molecular complexity index is 1190. The van der Waals surface area contributed by atoms with Crippen molar-refractivity contribution in [2.24, 2.45) is 5.10 Å². The lowest BCUT2D eigenvalue weighted by Gasteiger charge is -2.09. The third kappa shape index (κ3) is 8.16. The number of carbonyl (C=O) groups excluding carboxylic acids is 2. The van der Waals surface area contributed by atoms with Gasteiger partial charge in [0.15, 0.2) is 18.1 Å². The maximum atomic E-state index is 12.1. The van der Waals surface area contributed by atoms with Gasteiger partial charge in [-0.2, -0.15) is 5.10 Å². The Morgan fingerprint density at radius 3 is 2.37 bits per heavy atom. The van der Waals surface area contributed by atoms with Crippen LogP contribution in [0.4, 0.5) is 0 Å². The molecule has 3 aromatic rings. The van der Waals surface area contributed by atoms with Crippen LogP contribution in [0.5, 0.6) is 17.2 Å². The molecule has 180 valence electrons. The molecule has 0 radical (unpaired) electrons. The zero-order valence-electron chi connectivity index (χ0n) is 19.9. The molecule has 0 aliphatic heterocycles. The van der Waals surface area contributed by atoms with Crippen LogP contribution in [0.15, 0.2) is 84.0 Å². The van der Waals surface area contributed by atoms with Crippen LogP contribution in [-0.4, -0.2) is 31.8 Å². The van der Waals surface area contributed by atoms with Gasteiger partial charge in [-0.3, -0.25) is 4.79 Å². The number of ether oxygens (including phenoxy) is 3. The maximum Gasteiger partial charge on any atom is 0.336 e. The lowest BCUT2D eigenvalue weighted by Crippen LogP contribution is -2.24. The van der Waals surface area contributed by atoms with Crippen molar-refractivity contribution in [3.8, 4) is 17.2 Å². The quantitative estimate of drug-likeness (QED) is 0.148. The Morgan fingerprint density at radius 2 is 1.69 bits per heavy atom. The minimum absolute atomic E-state index is 0.160. The van der Waals surface area contributed by atoms with Gasteiger partial charge in [-0.15, -0.1) is 0 Å². The summed E-state index contributed by atoms with van der Waals surface area (Å²) in [6, 6.07) is 22.0. The zero-order chi connectivity index (χ0) is 25.0. The summed E-state index contributed by atoms with van der Waals surface area (Å²) in [7, 11) is 1.47. The van der Waals surface area contributed by atoms with E-state index in [1.54, 1.807) is 24.3 Å². The van der Waals surface area contributed by atoms with Gasteiger partial charge in [0.1, 0.15) is 5.75 Å². The highest BCUT2D eigenvalue weighted by molar-refractivity contribution is 5.89. The fraction of sp³-hybridized carbons (Fsp3) is 0.179. The van der Waals surface area contributed by atoms with Crippen molar-refractivity contribution in [2.75, 3.05) is 13.7 Å². The molecule has 7 heteroatoms. The SMILES string of the molecule is COc1cc(C=NNC(=O)COc2ccc(C(C)C)cc2)ccc1OC(=O)C=Cc1ccccc1. The first-order valence-corrected chi connectivity index (χ1v) is 11.1. The van der Waals surface area contributed by atoms with Crippen molar-refractivity contribution in [3.05, 3.63) is 95.6 Å². The van der Waals surface area contributed by atoms with Crippen molar-refractivity contribution in [1.82, 2.24) is 5.43 Å². The number of nitrogens with zero attached hydrogens (tertiary/aromatic N) is 1. The molecule has 0 atom stereocenters. The van der Waals surface area contributed by atoms with Crippen molar-refractivity contribution < 1.29 is 23.8 Å². The lowest BCUT2D eigenvalue weighted by atomic mass is 10.0. The van der Waals surface area contributed by atoms with Gasteiger partial charge < -0.3 is 14.2 Å². The highest BCUT2D eigenvalue weighted by atomic mass is 16.6. The Morgan fingerprint density at radius 1 is 0.943 bits per heavy atom. The molecule has 1 N–H and O–H groups in total. The fourth-order valence-electron chi connectivity index (χ4n) is 3.03. The van der Waals surface area contributed by atoms with Crippen LogP contribution >= 0.6 is 0 Å². The van der Waals surface area contributed by atoms with Crippen LogP contribution in [0, 0.1) is 0 Å². The number of hydrogen-bond acceptors (Lipinski definition) is 6. The summed E-state index contributed by atoms with van der Waals surface area (Å²) in [6.45, 7) is 4.07. The van der Waals surface area contributed by atoms with E-state index in [4.69, 9.17) is 14.2 Å². The number of methoxy groups -OCH3 is 1. The summed E-state index contributed by atoms with van der Waals surface area (Å²) in [6.07, 6.45) is 4.47. The van der Waals surface area contributed by atoms with Gasteiger partial charge in [-0.1, -0.05) is 56.3 Å². The molecule has 0 saturated carbocycles. The highest BCUT2D eigenvalue weighted by Gasteiger charge is 2.09. The van der Waals surface area contributed by atoms with E-state index >= 15 is 0 Å². The molecule has 0 aromatic heterocycles. The summed E-state index contributed by atoms with van der Waals surface area (Å²) in [5, 5.41) is 3.94. The number of carbonyl (C=O) groups is 2. The number of rotatable bonds is 10. The fourth-order valence-corrected chi connectivity index (χ4v) is 3.03. The van der Waals surface area contributed by atoms with Crippen molar-refractivity contribution in [3.63, 3.8) is 0 Å². The Labute approximate surface area is 205 Å². The summed E-state index contributed by atoms with van der Waals surface area (Å²) >= 11 is 0. The maximum absolute atomic E-state index is 12.1. The average Bonchev–Trinajstić information content (AvgIpc) is 2.88. The van der Waals surface area contributed by atoms with Gasteiger partial charge in [0.25, 0.3) is 5.91 Å². The van der Waals surface area contributed by atoms with E-state index in [1.165, 1.54) is 25.0 Å². The molecule has 1 amide bonds. The zero-order valence-corrected chi connectivity index (χ0v) is 19.9. The van der Waals surface area contributed by atoms with Crippen LogP contribution < -0.4 is 19.6 Å². The van der Waals surface area contributed by atoms with Crippen LogP contribution in [0.2, 0.25) is 0 Å². The number of amides is 1. The van der Waals surface area contributed by atoms with Crippen LogP contribution in [0.3, 0.4) is 0 Å². The molecular formula is C28H28N2O5. The van der Waals surface area contributed by atoms with Crippen molar-refractivity contribution >= 4 is 24.2 Å².